The Morgan fingerprint density at radius 2 is 1.94 bits per heavy atom. The SMILES string of the molecule is CC1(C)C[C@@H](C(=O)NCc2ccc(C(=N)N)cc2)n2c1c(Cl)nc(NC1(CO)CCCC1)c2=O. The van der Waals surface area contributed by atoms with E-state index >= 15 is 0 Å². The monoisotopic (exact) mass is 486 g/mol. The lowest BCUT2D eigenvalue weighted by atomic mass is 9.87. The van der Waals surface area contributed by atoms with E-state index in [0.29, 0.717) is 17.7 Å². The van der Waals surface area contributed by atoms with Crippen LogP contribution in [0.15, 0.2) is 29.1 Å². The van der Waals surface area contributed by atoms with Crippen molar-refractivity contribution in [3.05, 3.63) is 56.6 Å². The van der Waals surface area contributed by atoms with E-state index in [9.17, 15) is 14.7 Å². The van der Waals surface area contributed by atoms with Crippen LogP contribution in [0.3, 0.4) is 0 Å². The molecule has 1 atom stereocenters. The lowest BCUT2D eigenvalue weighted by Gasteiger charge is -2.29. The number of nitrogens with one attached hydrogen (secondary N) is 3. The largest absolute Gasteiger partial charge is 0.394 e. The summed E-state index contributed by atoms with van der Waals surface area (Å²) >= 11 is 6.56. The molecule has 0 radical (unpaired) electrons. The summed E-state index contributed by atoms with van der Waals surface area (Å²) < 4.78 is 1.46. The molecule has 1 aliphatic carbocycles. The third-order valence-electron chi connectivity index (χ3n) is 7.01. The van der Waals surface area contributed by atoms with Crippen molar-refractivity contribution in [2.45, 2.75) is 69.5 Å². The highest BCUT2D eigenvalue weighted by molar-refractivity contribution is 6.30. The van der Waals surface area contributed by atoms with Crippen LogP contribution >= 0.6 is 11.6 Å². The molecule has 10 heteroatoms. The van der Waals surface area contributed by atoms with Crippen LogP contribution in [-0.2, 0) is 16.8 Å². The number of amides is 1. The highest BCUT2D eigenvalue weighted by Crippen LogP contribution is 2.43. The van der Waals surface area contributed by atoms with Gasteiger partial charge in [-0.3, -0.25) is 19.6 Å². The van der Waals surface area contributed by atoms with Crippen LogP contribution in [0.25, 0.3) is 0 Å². The van der Waals surface area contributed by atoms with Gasteiger partial charge in [0.2, 0.25) is 5.91 Å². The zero-order valence-corrected chi connectivity index (χ0v) is 20.2. The second-order valence-electron chi connectivity index (χ2n) is 9.98. The van der Waals surface area contributed by atoms with Crippen molar-refractivity contribution in [2.75, 3.05) is 11.9 Å². The summed E-state index contributed by atoms with van der Waals surface area (Å²) in [7, 11) is 0. The summed E-state index contributed by atoms with van der Waals surface area (Å²) in [6, 6.07) is 6.32. The molecule has 0 spiro atoms. The predicted molar refractivity (Wildman–Crippen MR) is 131 cm³/mol. The number of halogens is 1. The lowest BCUT2D eigenvalue weighted by molar-refractivity contribution is -0.124. The normalized spacial score (nSPS) is 20.1. The molecule has 0 unspecified atom stereocenters. The molecule has 0 bridgehead atoms. The van der Waals surface area contributed by atoms with Gasteiger partial charge in [0.25, 0.3) is 5.56 Å². The molecule has 1 aromatic heterocycles. The number of carbonyl (C=O) groups excluding carboxylic acids is 1. The molecule has 4 rings (SSSR count). The van der Waals surface area contributed by atoms with Crippen molar-refractivity contribution in [3.8, 4) is 0 Å². The van der Waals surface area contributed by atoms with Crippen LogP contribution < -0.4 is 21.9 Å². The fraction of sp³-hybridized carbons (Fsp3) is 0.500. The average molecular weight is 487 g/mol. The van der Waals surface area contributed by atoms with Crippen LogP contribution in [0.4, 0.5) is 5.82 Å². The van der Waals surface area contributed by atoms with Gasteiger partial charge >= 0.3 is 0 Å². The highest BCUT2D eigenvalue weighted by atomic mass is 35.5. The smallest absolute Gasteiger partial charge is 0.294 e. The van der Waals surface area contributed by atoms with Gasteiger partial charge in [-0.05, 0) is 24.8 Å². The van der Waals surface area contributed by atoms with Gasteiger partial charge in [-0.25, -0.2) is 4.98 Å². The van der Waals surface area contributed by atoms with Crippen molar-refractivity contribution in [1.82, 2.24) is 14.9 Å². The Labute approximate surface area is 203 Å². The van der Waals surface area contributed by atoms with Gasteiger partial charge in [0.15, 0.2) is 11.0 Å². The van der Waals surface area contributed by atoms with E-state index in [0.717, 1.165) is 31.2 Å². The first kappa shape index (κ1) is 24.2. The van der Waals surface area contributed by atoms with Gasteiger partial charge in [-0.2, -0.15) is 0 Å². The summed E-state index contributed by atoms with van der Waals surface area (Å²) in [6.07, 6.45) is 3.80. The average Bonchev–Trinajstić information content (AvgIpc) is 3.38. The van der Waals surface area contributed by atoms with Crippen molar-refractivity contribution in [1.29, 1.82) is 5.41 Å². The van der Waals surface area contributed by atoms with Crippen LogP contribution in [0.2, 0.25) is 5.15 Å². The number of anilines is 1. The zero-order valence-electron chi connectivity index (χ0n) is 19.4. The Bertz CT molecular complexity index is 1170. The Balaban J connectivity index is 1.61. The Hall–Kier alpha value is -2.91. The maximum atomic E-state index is 13.5. The van der Waals surface area contributed by atoms with Crippen LogP contribution in [0.5, 0.6) is 0 Å². The fourth-order valence-corrected chi connectivity index (χ4v) is 5.55. The molecule has 1 aromatic carbocycles. The molecule has 1 saturated carbocycles. The standard InChI is InChI=1S/C24H31ClN6O3/c1-23(2)11-16(21(33)28-12-14-5-7-15(8-6-14)19(26)27)31-17(23)18(25)29-20(22(31)34)30-24(13-32)9-3-4-10-24/h5-8,16,32H,3-4,9-13H2,1-2H3,(H3,26,27)(H,28,33)(H,29,30)/t16-/m0/s1. The molecule has 182 valence electrons. The Morgan fingerprint density at radius 1 is 1.29 bits per heavy atom. The summed E-state index contributed by atoms with van der Waals surface area (Å²) in [6.45, 7) is 4.05. The van der Waals surface area contributed by atoms with Gasteiger partial charge in [0, 0.05) is 17.5 Å². The van der Waals surface area contributed by atoms with E-state index in [1.807, 2.05) is 13.8 Å². The molecule has 2 aliphatic rings. The fourth-order valence-electron chi connectivity index (χ4n) is 5.11. The Kier molecular flexibility index (Phi) is 6.44. The van der Waals surface area contributed by atoms with Crippen LogP contribution in [0, 0.1) is 5.41 Å². The molecule has 1 fully saturated rings. The second kappa shape index (κ2) is 9.03. The van der Waals surface area contributed by atoms with Crippen molar-refractivity contribution in [2.24, 2.45) is 5.73 Å². The van der Waals surface area contributed by atoms with Gasteiger partial charge < -0.3 is 21.5 Å². The molecule has 0 saturated heterocycles. The molecule has 2 heterocycles. The number of nitrogens with zero attached hydrogens (tertiary/aromatic N) is 2. The van der Waals surface area contributed by atoms with Crippen LogP contribution in [-0.4, -0.2) is 38.5 Å². The van der Waals surface area contributed by atoms with E-state index in [1.165, 1.54) is 4.57 Å². The maximum Gasteiger partial charge on any atom is 0.294 e. The van der Waals surface area contributed by atoms with Crippen LogP contribution in [0.1, 0.15) is 68.8 Å². The van der Waals surface area contributed by atoms with Gasteiger partial charge in [-0.1, -0.05) is 62.6 Å². The minimum Gasteiger partial charge on any atom is -0.394 e. The lowest BCUT2D eigenvalue weighted by Crippen LogP contribution is -2.43. The highest BCUT2D eigenvalue weighted by Gasteiger charge is 2.44. The van der Waals surface area contributed by atoms with Gasteiger partial charge in [-0.15, -0.1) is 0 Å². The molecule has 1 aliphatic heterocycles. The number of aliphatic hydroxyl groups excluding tert-OH is 1. The number of nitrogen functional groups attached to an aromatic ring is 1. The van der Waals surface area contributed by atoms with E-state index in [2.05, 4.69) is 15.6 Å². The number of aromatic nitrogens is 2. The minimum absolute atomic E-state index is 0.0183. The number of rotatable bonds is 7. The molecule has 1 amide bonds. The van der Waals surface area contributed by atoms with Gasteiger partial charge in [0.1, 0.15) is 11.9 Å². The quantitative estimate of drug-likeness (QED) is 0.300. The first-order valence-electron chi connectivity index (χ1n) is 11.5. The number of hydrogen-bond acceptors (Lipinski definition) is 6. The predicted octanol–water partition coefficient (Wildman–Crippen LogP) is 2.44. The summed E-state index contributed by atoms with van der Waals surface area (Å²) in [5.41, 5.74) is 5.97. The number of amidine groups is 1. The number of aliphatic hydroxyl groups is 1. The minimum atomic E-state index is -0.733. The first-order valence-corrected chi connectivity index (χ1v) is 11.9. The zero-order chi connectivity index (χ0) is 24.7. The summed E-state index contributed by atoms with van der Waals surface area (Å²) in [4.78, 5) is 31.1. The molecule has 9 nitrogen and oxygen atoms in total. The summed E-state index contributed by atoms with van der Waals surface area (Å²) in [5.74, 6) is -0.231. The van der Waals surface area contributed by atoms with E-state index in [4.69, 9.17) is 22.7 Å². The number of fused-ring (bicyclic) bond motifs is 1. The Morgan fingerprint density at radius 3 is 2.53 bits per heavy atom. The van der Waals surface area contributed by atoms with Crippen molar-refractivity contribution < 1.29 is 9.90 Å². The third kappa shape index (κ3) is 4.42. The molecule has 2 aromatic rings. The first-order chi connectivity index (χ1) is 16.1. The van der Waals surface area contributed by atoms with Crippen molar-refractivity contribution in [3.63, 3.8) is 0 Å². The number of benzene rings is 1. The number of nitrogens with two attached hydrogens (primary N) is 1. The molecular weight excluding hydrogens is 456 g/mol. The van der Waals surface area contributed by atoms with E-state index < -0.39 is 22.6 Å². The van der Waals surface area contributed by atoms with Crippen molar-refractivity contribution >= 4 is 29.2 Å². The molecular formula is C24H31ClN6O3. The second-order valence-corrected chi connectivity index (χ2v) is 10.3. The van der Waals surface area contributed by atoms with Gasteiger partial charge in [0.05, 0.1) is 17.8 Å². The maximum absolute atomic E-state index is 13.5. The van der Waals surface area contributed by atoms with E-state index in [1.54, 1.807) is 24.3 Å². The third-order valence-corrected chi connectivity index (χ3v) is 7.27. The van der Waals surface area contributed by atoms with E-state index in [-0.39, 0.29) is 35.9 Å². The molecule has 6 N–H and O–H groups in total. The molecule has 34 heavy (non-hydrogen) atoms. The number of carbonyl (C=O) groups is 1. The summed E-state index contributed by atoms with van der Waals surface area (Å²) in [5, 5.41) is 23.7. The number of hydrogen-bond donors (Lipinski definition) is 5. The topological polar surface area (TPSA) is 146 Å².